The summed E-state index contributed by atoms with van der Waals surface area (Å²) in [6, 6.07) is 9.05. The molecule has 4 rings (SSSR count). The first kappa shape index (κ1) is 4.97. The topological polar surface area (TPSA) is 0 Å². The van der Waals surface area contributed by atoms with Crippen LogP contribution >= 0.6 is 0 Å². The predicted octanol–water partition coefficient (Wildman–Crippen LogP) is 2.66. The van der Waals surface area contributed by atoms with Gasteiger partial charge < -0.3 is 0 Å². The lowest BCUT2D eigenvalue weighted by Gasteiger charge is -2.01. The van der Waals surface area contributed by atoms with Crippen LogP contribution in [0.3, 0.4) is 0 Å². The fraction of sp³-hybridized carbons (Fsp3) is 0.455. The van der Waals surface area contributed by atoms with Crippen LogP contribution in [-0.4, -0.2) is 0 Å². The Bertz CT molecular complexity index is 316. The highest BCUT2D eigenvalue weighted by molar-refractivity contribution is 5.55. The van der Waals surface area contributed by atoms with Crippen LogP contribution in [0.15, 0.2) is 24.3 Å². The number of fused-ring (bicyclic) bond motifs is 3. The van der Waals surface area contributed by atoms with Crippen molar-refractivity contribution in [3.8, 4) is 0 Å². The second kappa shape index (κ2) is 1.16. The van der Waals surface area contributed by atoms with Gasteiger partial charge in [-0.3, -0.25) is 0 Å². The molecule has 0 heterocycles. The highest BCUT2D eigenvalue weighted by Crippen LogP contribution is 2.87. The van der Waals surface area contributed by atoms with Crippen LogP contribution in [0.5, 0.6) is 0 Å². The summed E-state index contributed by atoms with van der Waals surface area (Å²) in [6.45, 7) is 0. The summed E-state index contributed by atoms with van der Waals surface area (Å²) in [5, 5.41) is 0. The number of benzene rings is 1. The van der Waals surface area contributed by atoms with Gasteiger partial charge >= 0.3 is 0 Å². The molecule has 2 saturated carbocycles. The van der Waals surface area contributed by atoms with Crippen molar-refractivity contribution in [1.82, 2.24) is 0 Å². The van der Waals surface area contributed by atoms with Crippen molar-refractivity contribution in [3.63, 3.8) is 0 Å². The van der Waals surface area contributed by atoms with Crippen LogP contribution in [0, 0.1) is 5.41 Å². The molecule has 11 heavy (non-hydrogen) atoms. The number of hydrogen-bond acceptors (Lipinski definition) is 0. The molecule has 1 aromatic rings. The zero-order valence-electron chi connectivity index (χ0n) is 6.38. The molecule has 0 amide bonds. The van der Waals surface area contributed by atoms with Crippen LogP contribution in [0.1, 0.15) is 35.8 Å². The molecule has 1 spiro atoms. The maximum Gasteiger partial charge on any atom is -0.00905 e. The van der Waals surface area contributed by atoms with E-state index in [4.69, 9.17) is 0 Å². The van der Waals surface area contributed by atoms with Crippen molar-refractivity contribution < 1.29 is 0 Å². The summed E-state index contributed by atoms with van der Waals surface area (Å²) in [5.41, 5.74) is 4.21. The zero-order chi connectivity index (χ0) is 7.05. The molecule has 0 nitrogen and oxygen atoms in total. The molecule has 0 bridgehead atoms. The van der Waals surface area contributed by atoms with Gasteiger partial charge in [-0.05, 0) is 41.2 Å². The van der Waals surface area contributed by atoms with Crippen LogP contribution < -0.4 is 0 Å². The van der Waals surface area contributed by atoms with Crippen molar-refractivity contribution in [2.45, 2.75) is 24.7 Å². The third-order valence-corrected chi connectivity index (χ3v) is 3.98. The third kappa shape index (κ3) is 0.366. The van der Waals surface area contributed by atoms with E-state index in [0.717, 1.165) is 17.3 Å². The van der Waals surface area contributed by atoms with Crippen molar-refractivity contribution in [2.24, 2.45) is 5.41 Å². The fourth-order valence-corrected chi connectivity index (χ4v) is 3.24. The van der Waals surface area contributed by atoms with Gasteiger partial charge in [0.2, 0.25) is 0 Å². The molecule has 2 atom stereocenters. The Kier molecular flexibility index (Phi) is 0.522. The van der Waals surface area contributed by atoms with Gasteiger partial charge in [0.05, 0.1) is 0 Å². The average molecular weight is 142 g/mol. The Labute approximate surface area is 66.2 Å². The van der Waals surface area contributed by atoms with Crippen molar-refractivity contribution in [1.29, 1.82) is 0 Å². The first-order chi connectivity index (χ1) is 5.42. The Morgan fingerprint density at radius 3 is 2.09 bits per heavy atom. The molecular formula is C11H10. The van der Waals surface area contributed by atoms with Crippen LogP contribution in [0.4, 0.5) is 0 Å². The molecule has 0 radical (unpaired) electrons. The highest BCUT2D eigenvalue weighted by atomic mass is 14.8. The van der Waals surface area contributed by atoms with E-state index in [2.05, 4.69) is 24.3 Å². The maximum atomic E-state index is 2.33. The smallest absolute Gasteiger partial charge is 0.00905 e. The SMILES string of the molecule is c1ccc2c(c1)C1CC13CC23. The Balaban J connectivity index is 2.07. The average Bonchev–Trinajstić information content (AvgIpc) is 2.92. The van der Waals surface area contributed by atoms with Gasteiger partial charge in [0.25, 0.3) is 0 Å². The third-order valence-electron chi connectivity index (χ3n) is 3.98. The summed E-state index contributed by atoms with van der Waals surface area (Å²) < 4.78 is 0. The second-order valence-corrected chi connectivity index (χ2v) is 4.38. The number of rotatable bonds is 0. The number of hydrogen-bond donors (Lipinski definition) is 0. The first-order valence-electron chi connectivity index (χ1n) is 4.51. The van der Waals surface area contributed by atoms with E-state index < -0.39 is 0 Å². The molecule has 0 saturated heterocycles. The van der Waals surface area contributed by atoms with E-state index in [1.54, 1.807) is 11.1 Å². The molecule has 1 aromatic carbocycles. The first-order valence-corrected chi connectivity index (χ1v) is 4.51. The minimum Gasteiger partial charge on any atom is -0.0620 e. The van der Waals surface area contributed by atoms with Crippen molar-refractivity contribution in [2.75, 3.05) is 0 Å². The summed E-state index contributed by atoms with van der Waals surface area (Å²) >= 11 is 0. The van der Waals surface area contributed by atoms with Crippen molar-refractivity contribution >= 4 is 0 Å². The minimum absolute atomic E-state index is 0.837. The van der Waals surface area contributed by atoms with Gasteiger partial charge in [0, 0.05) is 0 Å². The van der Waals surface area contributed by atoms with Gasteiger partial charge in [0.15, 0.2) is 0 Å². The Morgan fingerprint density at radius 2 is 1.55 bits per heavy atom. The minimum atomic E-state index is 0.837. The highest BCUT2D eigenvalue weighted by Gasteiger charge is 2.75. The van der Waals surface area contributed by atoms with Crippen LogP contribution in [0.2, 0.25) is 0 Å². The normalized spacial score (nSPS) is 47.6. The molecule has 0 aromatic heterocycles. The monoisotopic (exact) mass is 142 g/mol. The van der Waals surface area contributed by atoms with Crippen LogP contribution in [0.25, 0.3) is 0 Å². The van der Waals surface area contributed by atoms with E-state index in [-0.39, 0.29) is 0 Å². The molecule has 2 fully saturated rings. The van der Waals surface area contributed by atoms with E-state index in [1.807, 2.05) is 0 Å². The van der Waals surface area contributed by atoms with Crippen LogP contribution in [-0.2, 0) is 0 Å². The van der Waals surface area contributed by atoms with E-state index >= 15 is 0 Å². The summed E-state index contributed by atoms with van der Waals surface area (Å²) in [7, 11) is 0. The zero-order valence-corrected chi connectivity index (χ0v) is 6.38. The Hall–Kier alpha value is -0.780. The fourth-order valence-electron chi connectivity index (χ4n) is 3.24. The Morgan fingerprint density at radius 1 is 1.00 bits per heavy atom. The lowest BCUT2D eigenvalue weighted by Crippen LogP contribution is -1.84. The molecule has 0 aliphatic heterocycles. The van der Waals surface area contributed by atoms with Gasteiger partial charge in [-0.1, -0.05) is 24.3 Å². The largest absolute Gasteiger partial charge is 0.0620 e. The molecule has 2 unspecified atom stereocenters. The standard InChI is InChI=1S/C11H10/c1-2-4-8-7(3-1)9-5-11(9)6-10(8)11/h1-4,9-10H,5-6H2. The van der Waals surface area contributed by atoms with E-state index in [1.165, 1.54) is 12.8 Å². The summed E-state index contributed by atoms with van der Waals surface area (Å²) in [4.78, 5) is 0. The molecular weight excluding hydrogens is 132 g/mol. The van der Waals surface area contributed by atoms with Gasteiger partial charge in [-0.25, -0.2) is 0 Å². The quantitative estimate of drug-likeness (QED) is 0.522. The molecule has 0 heteroatoms. The molecule has 0 N–H and O–H groups in total. The van der Waals surface area contributed by atoms with Gasteiger partial charge in [0.1, 0.15) is 0 Å². The molecule has 54 valence electrons. The van der Waals surface area contributed by atoms with E-state index in [0.29, 0.717) is 0 Å². The predicted molar refractivity (Wildman–Crippen MR) is 43.6 cm³/mol. The van der Waals surface area contributed by atoms with Gasteiger partial charge in [-0.2, -0.15) is 0 Å². The van der Waals surface area contributed by atoms with E-state index in [9.17, 15) is 0 Å². The van der Waals surface area contributed by atoms with Gasteiger partial charge in [-0.15, -0.1) is 0 Å². The second-order valence-electron chi connectivity index (χ2n) is 4.38. The van der Waals surface area contributed by atoms with Crippen molar-refractivity contribution in [3.05, 3.63) is 35.4 Å². The summed E-state index contributed by atoms with van der Waals surface area (Å²) in [5.74, 6) is 1.98. The lowest BCUT2D eigenvalue weighted by atomic mass is 10.0. The lowest BCUT2D eigenvalue weighted by molar-refractivity contribution is 0.844. The summed E-state index contributed by atoms with van der Waals surface area (Å²) in [6.07, 6.45) is 3.02. The molecule has 3 aliphatic rings. The maximum absolute atomic E-state index is 2.33. The molecule has 3 aliphatic carbocycles.